The van der Waals surface area contributed by atoms with E-state index >= 15 is 0 Å². The molecule has 0 atom stereocenters. The Morgan fingerprint density at radius 2 is 1.75 bits per heavy atom. The Hall–Kier alpha value is -2.81. The molecule has 2 aromatic rings. The second kappa shape index (κ2) is 9.36. The number of benzene rings is 2. The molecule has 0 fully saturated rings. The van der Waals surface area contributed by atoms with E-state index in [1.54, 1.807) is 6.07 Å². The van der Waals surface area contributed by atoms with E-state index in [1.165, 1.54) is 0 Å². The van der Waals surface area contributed by atoms with Crippen LogP contribution >= 0.6 is 0 Å². The highest BCUT2D eigenvalue weighted by Gasteiger charge is 2.08. The number of hydrogen-bond donors (Lipinski definition) is 0. The van der Waals surface area contributed by atoms with E-state index in [9.17, 15) is 4.79 Å². The van der Waals surface area contributed by atoms with Crippen molar-refractivity contribution in [1.82, 2.24) is 0 Å². The Labute approximate surface area is 143 Å². The summed E-state index contributed by atoms with van der Waals surface area (Å²) in [7, 11) is 0. The molecule has 0 heterocycles. The molecule has 124 valence electrons. The van der Waals surface area contributed by atoms with Gasteiger partial charge in [0, 0.05) is 11.6 Å². The molecule has 2 rings (SSSR count). The molecular formula is C21H22O3. The number of esters is 1. The van der Waals surface area contributed by atoms with E-state index in [0.717, 1.165) is 42.2 Å². The molecule has 3 heteroatoms. The lowest BCUT2D eigenvalue weighted by Crippen LogP contribution is -2.04. The summed E-state index contributed by atoms with van der Waals surface area (Å²) in [5.74, 6) is 0.875. The minimum atomic E-state index is -0.470. The first-order valence-electron chi connectivity index (χ1n) is 8.02. The molecule has 0 unspecified atom stereocenters. The first-order valence-corrected chi connectivity index (χ1v) is 8.02. The van der Waals surface area contributed by atoms with Crippen LogP contribution in [-0.2, 0) is 4.79 Å². The lowest BCUT2D eigenvalue weighted by molar-refractivity contribution is -0.128. The fraction of sp³-hybridized carbons (Fsp3) is 0.190. The average molecular weight is 322 g/mol. The van der Waals surface area contributed by atoms with Gasteiger partial charge < -0.3 is 9.47 Å². The van der Waals surface area contributed by atoms with Crippen LogP contribution in [0.15, 0.2) is 73.8 Å². The number of hydrogen-bond acceptors (Lipinski definition) is 3. The van der Waals surface area contributed by atoms with E-state index in [4.69, 9.17) is 9.47 Å². The summed E-state index contributed by atoms with van der Waals surface area (Å²) in [6.45, 7) is 7.82. The first kappa shape index (κ1) is 17.5. The molecule has 2 aromatic carbocycles. The Kier molecular flexibility index (Phi) is 6.84. The van der Waals surface area contributed by atoms with Gasteiger partial charge in [-0.15, -0.1) is 6.58 Å². The molecule has 0 aliphatic rings. The van der Waals surface area contributed by atoms with Gasteiger partial charge in [0.25, 0.3) is 0 Å². The second-order valence-corrected chi connectivity index (χ2v) is 5.28. The van der Waals surface area contributed by atoms with Gasteiger partial charge in [-0.3, -0.25) is 0 Å². The standard InChI is InChI=1S/C21H22O3/c1-3-5-6-9-16-23-18-14-12-17(13-15-18)19-10-7-8-11-20(19)24-21(22)4-2/h3-4,7-8,10-15H,1-2,5-6,9,16H2. The largest absolute Gasteiger partial charge is 0.494 e. The predicted molar refractivity (Wildman–Crippen MR) is 97.3 cm³/mol. The van der Waals surface area contributed by atoms with Gasteiger partial charge in [-0.05, 0) is 43.0 Å². The van der Waals surface area contributed by atoms with Gasteiger partial charge in [-0.25, -0.2) is 4.79 Å². The molecular weight excluding hydrogens is 300 g/mol. The topological polar surface area (TPSA) is 35.5 Å². The van der Waals surface area contributed by atoms with Crippen molar-refractivity contribution in [2.45, 2.75) is 19.3 Å². The van der Waals surface area contributed by atoms with Gasteiger partial charge in [0.15, 0.2) is 0 Å². The van der Waals surface area contributed by atoms with Crippen molar-refractivity contribution in [3.8, 4) is 22.6 Å². The molecule has 0 saturated heterocycles. The van der Waals surface area contributed by atoms with Crippen LogP contribution in [0.4, 0.5) is 0 Å². The van der Waals surface area contributed by atoms with Crippen LogP contribution in [0, 0.1) is 0 Å². The van der Waals surface area contributed by atoms with Gasteiger partial charge >= 0.3 is 5.97 Å². The van der Waals surface area contributed by atoms with Crippen molar-refractivity contribution < 1.29 is 14.3 Å². The molecule has 0 N–H and O–H groups in total. The molecule has 3 nitrogen and oxygen atoms in total. The number of unbranched alkanes of at least 4 members (excludes halogenated alkanes) is 2. The van der Waals surface area contributed by atoms with Crippen molar-refractivity contribution in [3.05, 3.63) is 73.8 Å². The van der Waals surface area contributed by atoms with Crippen LogP contribution in [-0.4, -0.2) is 12.6 Å². The molecule has 0 aromatic heterocycles. The van der Waals surface area contributed by atoms with Crippen LogP contribution in [0.5, 0.6) is 11.5 Å². The minimum Gasteiger partial charge on any atom is -0.494 e. The van der Waals surface area contributed by atoms with Gasteiger partial charge in [0.1, 0.15) is 11.5 Å². The maximum absolute atomic E-state index is 11.4. The number of rotatable bonds is 9. The fourth-order valence-electron chi connectivity index (χ4n) is 2.26. The minimum absolute atomic E-state index is 0.470. The van der Waals surface area contributed by atoms with Crippen molar-refractivity contribution in [1.29, 1.82) is 0 Å². The third-order valence-electron chi connectivity index (χ3n) is 3.50. The lowest BCUT2D eigenvalue weighted by atomic mass is 10.0. The van der Waals surface area contributed by atoms with Crippen molar-refractivity contribution in [2.24, 2.45) is 0 Å². The highest BCUT2D eigenvalue weighted by Crippen LogP contribution is 2.31. The normalized spacial score (nSPS) is 10.0. The summed E-state index contributed by atoms with van der Waals surface area (Å²) in [5.41, 5.74) is 1.81. The fourth-order valence-corrected chi connectivity index (χ4v) is 2.26. The first-order chi connectivity index (χ1) is 11.7. The van der Waals surface area contributed by atoms with Gasteiger partial charge in [-0.2, -0.15) is 0 Å². The number of para-hydroxylation sites is 1. The SMILES string of the molecule is C=CCCCCOc1ccc(-c2ccccc2OC(=O)C=C)cc1. The highest BCUT2D eigenvalue weighted by atomic mass is 16.5. The average Bonchev–Trinajstić information content (AvgIpc) is 2.62. The summed E-state index contributed by atoms with van der Waals surface area (Å²) in [5, 5.41) is 0. The van der Waals surface area contributed by atoms with Crippen LogP contribution < -0.4 is 9.47 Å². The van der Waals surface area contributed by atoms with Crippen LogP contribution in [0.25, 0.3) is 11.1 Å². The van der Waals surface area contributed by atoms with E-state index in [-0.39, 0.29) is 0 Å². The zero-order valence-corrected chi connectivity index (χ0v) is 13.7. The Balaban J connectivity index is 2.04. The molecule has 0 bridgehead atoms. The van der Waals surface area contributed by atoms with Gasteiger partial charge in [0.05, 0.1) is 6.61 Å². The van der Waals surface area contributed by atoms with E-state index < -0.39 is 5.97 Å². The van der Waals surface area contributed by atoms with E-state index in [1.807, 2.05) is 48.5 Å². The van der Waals surface area contributed by atoms with Gasteiger partial charge in [0.2, 0.25) is 0 Å². The molecule has 0 spiro atoms. The third kappa shape index (κ3) is 5.13. The number of carbonyl (C=O) groups excluding carboxylic acids is 1. The van der Waals surface area contributed by atoms with Crippen molar-refractivity contribution >= 4 is 5.97 Å². The number of ether oxygens (including phenoxy) is 2. The summed E-state index contributed by atoms with van der Waals surface area (Å²) >= 11 is 0. The maximum Gasteiger partial charge on any atom is 0.335 e. The van der Waals surface area contributed by atoms with Crippen molar-refractivity contribution in [3.63, 3.8) is 0 Å². The maximum atomic E-state index is 11.4. The number of allylic oxidation sites excluding steroid dienone is 1. The predicted octanol–water partition coefficient (Wildman–Crippen LogP) is 5.18. The second-order valence-electron chi connectivity index (χ2n) is 5.28. The summed E-state index contributed by atoms with van der Waals surface area (Å²) in [6, 6.07) is 15.2. The van der Waals surface area contributed by atoms with Crippen molar-refractivity contribution in [2.75, 3.05) is 6.61 Å². The molecule has 0 radical (unpaired) electrons. The lowest BCUT2D eigenvalue weighted by Gasteiger charge is -2.10. The number of carbonyl (C=O) groups is 1. The summed E-state index contributed by atoms with van der Waals surface area (Å²) in [6.07, 6.45) is 6.19. The van der Waals surface area contributed by atoms with E-state index in [2.05, 4.69) is 13.2 Å². The quantitative estimate of drug-likeness (QED) is 0.210. The summed E-state index contributed by atoms with van der Waals surface area (Å²) < 4.78 is 11.0. The Morgan fingerprint density at radius 3 is 2.46 bits per heavy atom. The smallest absolute Gasteiger partial charge is 0.335 e. The molecule has 24 heavy (non-hydrogen) atoms. The summed E-state index contributed by atoms with van der Waals surface area (Å²) in [4.78, 5) is 11.4. The van der Waals surface area contributed by atoms with Crippen LogP contribution in [0.1, 0.15) is 19.3 Å². The monoisotopic (exact) mass is 322 g/mol. The van der Waals surface area contributed by atoms with Crippen LogP contribution in [0.3, 0.4) is 0 Å². The Bertz CT molecular complexity index is 686. The highest BCUT2D eigenvalue weighted by molar-refractivity contribution is 5.85. The Morgan fingerprint density at radius 1 is 1.00 bits per heavy atom. The zero-order chi connectivity index (χ0) is 17.2. The molecule has 0 aliphatic carbocycles. The molecule has 0 aliphatic heterocycles. The van der Waals surface area contributed by atoms with Gasteiger partial charge in [-0.1, -0.05) is 43.0 Å². The van der Waals surface area contributed by atoms with Crippen LogP contribution in [0.2, 0.25) is 0 Å². The molecule has 0 amide bonds. The van der Waals surface area contributed by atoms with E-state index in [0.29, 0.717) is 12.4 Å². The third-order valence-corrected chi connectivity index (χ3v) is 3.50. The molecule has 0 saturated carbocycles. The zero-order valence-electron chi connectivity index (χ0n) is 13.7.